The van der Waals surface area contributed by atoms with Crippen molar-refractivity contribution in [2.75, 3.05) is 19.8 Å². The van der Waals surface area contributed by atoms with Gasteiger partial charge >= 0.3 is 5.97 Å². The van der Waals surface area contributed by atoms with E-state index in [0.29, 0.717) is 6.61 Å². The minimum atomic E-state index is -0.981. The second-order valence-corrected chi connectivity index (χ2v) is 2.02. The Hall–Kier alpha value is -0.650. The van der Waals surface area contributed by atoms with Crippen LogP contribution in [0.4, 0.5) is 0 Å². The van der Waals surface area contributed by atoms with Gasteiger partial charge in [-0.2, -0.15) is 0 Å². The number of hydrogen-bond donors (Lipinski definition) is 2. The van der Waals surface area contributed by atoms with Crippen molar-refractivity contribution in [2.24, 2.45) is 5.73 Å². The standard InChI is InChI=1S/C6H13NO4/c1-5(7)11-3-2-10-4-6(8)9/h5H,2-4,7H2,1H3,(H,8,9). The van der Waals surface area contributed by atoms with Gasteiger partial charge in [0.1, 0.15) is 12.8 Å². The lowest BCUT2D eigenvalue weighted by molar-refractivity contribution is -0.142. The van der Waals surface area contributed by atoms with Gasteiger partial charge in [-0.25, -0.2) is 4.79 Å². The number of carbonyl (C=O) groups is 1. The smallest absolute Gasteiger partial charge is 0.329 e. The molecule has 11 heavy (non-hydrogen) atoms. The van der Waals surface area contributed by atoms with Crippen molar-refractivity contribution in [3.05, 3.63) is 0 Å². The molecular formula is C6H13NO4. The van der Waals surface area contributed by atoms with Gasteiger partial charge in [0.25, 0.3) is 0 Å². The fraction of sp³-hybridized carbons (Fsp3) is 0.833. The summed E-state index contributed by atoms with van der Waals surface area (Å²) in [5.74, 6) is -0.981. The van der Waals surface area contributed by atoms with Crippen LogP contribution < -0.4 is 5.73 Å². The average molecular weight is 163 g/mol. The lowest BCUT2D eigenvalue weighted by Gasteiger charge is -2.06. The van der Waals surface area contributed by atoms with E-state index in [4.69, 9.17) is 15.6 Å². The first kappa shape index (κ1) is 10.3. The Morgan fingerprint density at radius 2 is 2.27 bits per heavy atom. The molecule has 1 unspecified atom stereocenters. The van der Waals surface area contributed by atoms with Crippen LogP contribution in [0.3, 0.4) is 0 Å². The summed E-state index contributed by atoms with van der Waals surface area (Å²) in [5, 5.41) is 8.13. The minimum Gasteiger partial charge on any atom is -0.480 e. The number of carboxylic acids is 1. The zero-order valence-electron chi connectivity index (χ0n) is 6.45. The number of carboxylic acid groups (broad SMARTS) is 1. The molecule has 0 rings (SSSR count). The summed E-state index contributed by atoms with van der Waals surface area (Å²) in [6.07, 6.45) is -0.330. The van der Waals surface area contributed by atoms with Gasteiger partial charge in [-0.05, 0) is 6.92 Å². The molecule has 0 aliphatic carbocycles. The van der Waals surface area contributed by atoms with Crippen molar-refractivity contribution in [1.82, 2.24) is 0 Å². The highest BCUT2D eigenvalue weighted by atomic mass is 16.5. The van der Waals surface area contributed by atoms with E-state index in [1.165, 1.54) is 0 Å². The molecule has 0 aliphatic rings. The monoisotopic (exact) mass is 163 g/mol. The predicted molar refractivity (Wildman–Crippen MR) is 38.1 cm³/mol. The van der Waals surface area contributed by atoms with E-state index in [-0.39, 0.29) is 19.4 Å². The molecular weight excluding hydrogens is 150 g/mol. The molecule has 3 N–H and O–H groups in total. The van der Waals surface area contributed by atoms with Gasteiger partial charge in [0, 0.05) is 0 Å². The molecule has 5 nitrogen and oxygen atoms in total. The quantitative estimate of drug-likeness (QED) is 0.404. The number of rotatable bonds is 6. The van der Waals surface area contributed by atoms with Crippen LogP contribution in [0.25, 0.3) is 0 Å². The van der Waals surface area contributed by atoms with E-state index in [0.717, 1.165) is 0 Å². The second-order valence-electron chi connectivity index (χ2n) is 2.02. The molecule has 66 valence electrons. The molecule has 0 amide bonds. The van der Waals surface area contributed by atoms with Gasteiger partial charge in [-0.15, -0.1) is 0 Å². The Morgan fingerprint density at radius 3 is 2.73 bits per heavy atom. The third-order valence-electron chi connectivity index (χ3n) is 0.834. The highest BCUT2D eigenvalue weighted by Gasteiger charge is 1.96. The van der Waals surface area contributed by atoms with Gasteiger partial charge in [0.15, 0.2) is 0 Å². The van der Waals surface area contributed by atoms with Crippen LogP contribution in [-0.2, 0) is 14.3 Å². The summed E-state index contributed by atoms with van der Waals surface area (Å²) in [5.41, 5.74) is 5.24. The first-order valence-corrected chi connectivity index (χ1v) is 3.29. The van der Waals surface area contributed by atoms with Crippen molar-refractivity contribution < 1.29 is 19.4 Å². The molecule has 0 aromatic rings. The molecule has 0 saturated heterocycles. The predicted octanol–water partition coefficient (Wildman–Crippen LogP) is -0.591. The Bertz CT molecular complexity index is 115. The normalized spacial score (nSPS) is 12.9. The molecule has 0 aromatic carbocycles. The van der Waals surface area contributed by atoms with E-state index < -0.39 is 5.97 Å². The zero-order chi connectivity index (χ0) is 8.69. The van der Waals surface area contributed by atoms with Crippen LogP contribution in [0.5, 0.6) is 0 Å². The highest BCUT2D eigenvalue weighted by Crippen LogP contribution is 1.81. The van der Waals surface area contributed by atoms with Crippen molar-refractivity contribution >= 4 is 5.97 Å². The van der Waals surface area contributed by atoms with Crippen molar-refractivity contribution in [3.8, 4) is 0 Å². The van der Waals surface area contributed by atoms with Gasteiger partial charge < -0.3 is 20.3 Å². The Labute approximate surface area is 65.1 Å². The van der Waals surface area contributed by atoms with Crippen LogP contribution >= 0.6 is 0 Å². The maximum atomic E-state index is 9.91. The molecule has 0 spiro atoms. The van der Waals surface area contributed by atoms with Crippen LogP contribution in [0.1, 0.15) is 6.92 Å². The SMILES string of the molecule is CC(N)OCCOCC(=O)O. The minimum absolute atomic E-state index is 0.258. The zero-order valence-corrected chi connectivity index (χ0v) is 6.45. The number of nitrogens with two attached hydrogens (primary N) is 1. The molecule has 0 heterocycles. The molecule has 0 radical (unpaired) electrons. The number of hydrogen-bond acceptors (Lipinski definition) is 4. The molecule has 0 fully saturated rings. The summed E-state index contributed by atoms with van der Waals surface area (Å²) in [7, 11) is 0. The van der Waals surface area contributed by atoms with Crippen molar-refractivity contribution in [2.45, 2.75) is 13.2 Å². The second kappa shape index (κ2) is 6.09. The fourth-order valence-electron chi connectivity index (χ4n) is 0.452. The summed E-state index contributed by atoms with van der Waals surface area (Å²) >= 11 is 0. The first-order valence-electron chi connectivity index (χ1n) is 3.29. The molecule has 0 aliphatic heterocycles. The van der Waals surface area contributed by atoms with Crippen molar-refractivity contribution in [3.63, 3.8) is 0 Å². The Balaban J connectivity index is 2.97. The van der Waals surface area contributed by atoms with Gasteiger partial charge in [-0.1, -0.05) is 0 Å². The Morgan fingerprint density at radius 1 is 1.64 bits per heavy atom. The van der Waals surface area contributed by atoms with Crippen LogP contribution in [0, 0.1) is 0 Å². The number of ether oxygens (including phenoxy) is 2. The summed E-state index contributed by atoms with van der Waals surface area (Å²) < 4.78 is 9.55. The van der Waals surface area contributed by atoms with Gasteiger partial charge in [0.05, 0.1) is 13.2 Å². The summed E-state index contributed by atoms with van der Waals surface area (Å²) in [6.45, 7) is 1.98. The van der Waals surface area contributed by atoms with Gasteiger partial charge in [0.2, 0.25) is 0 Å². The maximum absolute atomic E-state index is 9.91. The third-order valence-corrected chi connectivity index (χ3v) is 0.834. The van der Waals surface area contributed by atoms with Crippen LogP contribution in [0.2, 0.25) is 0 Å². The summed E-state index contributed by atoms with van der Waals surface area (Å²) in [4.78, 5) is 9.91. The number of aliphatic carboxylic acids is 1. The third kappa shape index (κ3) is 9.35. The van der Waals surface area contributed by atoms with E-state index in [1.54, 1.807) is 6.92 Å². The lowest BCUT2D eigenvalue weighted by Crippen LogP contribution is -2.22. The van der Waals surface area contributed by atoms with Crippen LogP contribution in [0.15, 0.2) is 0 Å². The van der Waals surface area contributed by atoms with E-state index in [2.05, 4.69) is 4.74 Å². The van der Waals surface area contributed by atoms with Gasteiger partial charge in [-0.3, -0.25) is 0 Å². The topological polar surface area (TPSA) is 81.8 Å². The van der Waals surface area contributed by atoms with Crippen LogP contribution in [-0.4, -0.2) is 37.1 Å². The highest BCUT2D eigenvalue weighted by molar-refractivity contribution is 5.67. The largest absolute Gasteiger partial charge is 0.480 e. The summed E-state index contributed by atoms with van der Waals surface area (Å²) in [6, 6.07) is 0. The maximum Gasteiger partial charge on any atom is 0.329 e. The molecule has 1 atom stereocenters. The lowest BCUT2D eigenvalue weighted by atomic mass is 10.6. The van der Waals surface area contributed by atoms with E-state index in [1.807, 2.05) is 0 Å². The molecule has 0 saturated carbocycles. The molecule has 0 bridgehead atoms. The molecule has 0 aromatic heterocycles. The first-order chi connectivity index (χ1) is 5.13. The molecule has 5 heteroatoms. The average Bonchev–Trinajstić information content (AvgIpc) is 1.85. The van der Waals surface area contributed by atoms with Crippen molar-refractivity contribution in [1.29, 1.82) is 0 Å². The van der Waals surface area contributed by atoms with E-state index in [9.17, 15) is 4.79 Å². The van der Waals surface area contributed by atoms with E-state index >= 15 is 0 Å². The Kier molecular flexibility index (Phi) is 5.73. The fourth-order valence-corrected chi connectivity index (χ4v) is 0.452.